The summed E-state index contributed by atoms with van der Waals surface area (Å²) >= 11 is 0. The van der Waals surface area contributed by atoms with E-state index in [1.807, 2.05) is 72.8 Å². The molecule has 10 heteroatoms. The maximum absolute atomic E-state index is 13.0. The normalized spacial score (nSPS) is 26.8. The maximum Gasteiger partial charge on any atom is 0.333 e. The van der Waals surface area contributed by atoms with E-state index < -0.39 is 48.2 Å². The Morgan fingerprint density at radius 3 is 2.19 bits per heavy atom. The Morgan fingerprint density at radius 1 is 0.926 bits per heavy atom. The average molecular weight is 759 g/mol. The minimum absolute atomic E-state index is 0.0168. The Hall–Kier alpha value is -3.12. The van der Waals surface area contributed by atoms with Crippen LogP contribution >= 0.6 is 0 Å². The summed E-state index contributed by atoms with van der Waals surface area (Å²) in [5.41, 5.74) is 4.47. The van der Waals surface area contributed by atoms with Gasteiger partial charge in [-0.3, -0.25) is 4.79 Å². The summed E-state index contributed by atoms with van der Waals surface area (Å²) in [6, 6.07) is 0. The number of aliphatic hydroxyl groups is 6. The van der Waals surface area contributed by atoms with Gasteiger partial charge in [-0.15, -0.1) is 0 Å². The Balaban J connectivity index is 2.94. The summed E-state index contributed by atoms with van der Waals surface area (Å²) in [5, 5.41) is 61.0. The van der Waals surface area contributed by atoms with Gasteiger partial charge in [0.25, 0.3) is 0 Å². The molecule has 1 aliphatic heterocycles. The Kier molecular flexibility index (Phi) is 22.1. The number of hydrogen-bond acceptors (Lipinski definition) is 10. The fourth-order valence-electron chi connectivity index (χ4n) is 6.52. The second-order valence-electron chi connectivity index (χ2n) is 15.8. The first-order chi connectivity index (χ1) is 25.1. The van der Waals surface area contributed by atoms with E-state index in [2.05, 4.69) is 0 Å². The molecule has 0 fully saturated rings. The molecular weight excluding hydrogens is 688 g/mol. The van der Waals surface area contributed by atoms with Crippen molar-refractivity contribution in [2.24, 2.45) is 17.8 Å². The number of carbonyl (C=O) groups excluding carboxylic acids is 2. The first-order valence-electron chi connectivity index (χ1n) is 19.4. The van der Waals surface area contributed by atoms with Gasteiger partial charge in [0.1, 0.15) is 6.10 Å². The quantitative estimate of drug-likeness (QED) is 0.0302. The number of hydrogen-bond donors (Lipinski definition) is 6. The first kappa shape index (κ1) is 48.9. The van der Waals surface area contributed by atoms with Gasteiger partial charge in [-0.25, -0.2) is 4.79 Å². The van der Waals surface area contributed by atoms with Crippen LogP contribution < -0.4 is 0 Å². The molecule has 0 bridgehead atoms. The van der Waals surface area contributed by atoms with Gasteiger partial charge in [0.2, 0.25) is 5.79 Å². The van der Waals surface area contributed by atoms with Crippen molar-refractivity contribution in [3.63, 3.8) is 0 Å². The van der Waals surface area contributed by atoms with Crippen molar-refractivity contribution >= 4 is 11.9 Å². The Labute approximate surface area is 324 Å². The number of allylic oxidation sites excluding steroid dienone is 10. The van der Waals surface area contributed by atoms with Gasteiger partial charge in [-0.05, 0) is 80.1 Å². The maximum atomic E-state index is 13.0. The van der Waals surface area contributed by atoms with Crippen LogP contribution in [0.5, 0.6) is 0 Å². The largest absolute Gasteiger partial charge is 0.462 e. The van der Waals surface area contributed by atoms with E-state index in [9.17, 15) is 40.2 Å². The zero-order valence-corrected chi connectivity index (χ0v) is 34.4. The standard InChI is InChI=1S/C44H70O10/c1-28(13-11-14-29(2)25-39(48)40(49)27-37(10)46)21-30(3)17-19-43(51)54-44(52)20-12-15-42(50)53-41(18-16-31(4)24-35(44)8)34(7)23-32(5)22-33(6)38(47)26-36(9)45/h11,13-14,16-17,19,21-22,25,33-41,45-49,52H,12,15,18,20,23-24,26-27H2,1-10H3/b14-11+,19-17+,28-13+,29-25+,30-21+,31-16-,32-22+/t33-,34+,35-,36-,37+,38-,39+,40+,41-,44+/m1/s1. The molecule has 0 aromatic carbocycles. The molecule has 1 aliphatic rings. The van der Waals surface area contributed by atoms with E-state index in [1.54, 1.807) is 39.0 Å². The summed E-state index contributed by atoms with van der Waals surface area (Å²) < 4.78 is 11.6. The number of ether oxygens (including phenoxy) is 2. The predicted molar refractivity (Wildman–Crippen MR) is 214 cm³/mol. The lowest BCUT2D eigenvalue weighted by molar-refractivity contribution is -0.228. The average Bonchev–Trinajstić information content (AvgIpc) is 3.04. The van der Waals surface area contributed by atoms with Gasteiger partial charge in [-0.1, -0.05) is 97.2 Å². The summed E-state index contributed by atoms with van der Waals surface area (Å²) in [7, 11) is 0. The molecule has 54 heavy (non-hydrogen) atoms. The van der Waals surface area contributed by atoms with E-state index in [4.69, 9.17) is 9.47 Å². The van der Waals surface area contributed by atoms with E-state index in [0.29, 0.717) is 25.7 Å². The van der Waals surface area contributed by atoms with Crippen molar-refractivity contribution < 1.29 is 49.7 Å². The molecule has 0 aromatic rings. The molecule has 0 radical (unpaired) electrons. The smallest absolute Gasteiger partial charge is 0.333 e. The van der Waals surface area contributed by atoms with Crippen molar-refractivity contribution in [2.75, 3.05) is 0 Å². The van der Waals surface area contributed by atoms with Crippen LogP contribution in [-0.2, 0) is 19.1 Å². The fraction of sp³-hybridized carbons (Fsp3) is 0.636. The van der Waals surface area contributed by atoms with Crippen molar-refractivity contribution in [1.29, 1.82) is 0 Å². The molecule has 10 atom stereocenters. The number of cyclic esters (lactones) is 1. The number of carbonyl (C=O) groups is 2. The third-order valence-corrected chi connectivity index (χ3v) is 9.65. The topological polar surface area (TPSA) is 174 Å². The van der Waals surface area contributed by atoms with Gasteiger partial charge < -0.3 is 40.1 Å². The zero-order valence-electron chi connectivity index (χ0n) is 34.4. The fourth-order valence-corrected chi connectivity index (χ4v) is 6.52. The summed E-state index contributed by atoms with van der Waals surface area (Å²) in [5.74, 6) is -3.41. The molecule has 0 spiro atoms. The predicted octanol–water partition coefficient (Wildman–Crippen LogP) is 6.86. The van der Waals surface area contributed by atoms with Crippen molar-refractivity contribution in [2.45, 2.75) is 163 Å². The van der Waals surface area contributed by atoms with Gasteiger partial charge in [-0.2, -0.15) is 0 Å². The van der Waals surface area contributed by atoms with Crippen molar-refractivity contribution in [3.05, 3.63) is 82.5 Å². The molecular formula is C44H70O10. The number of rotatable bonds is 17. The molecule has 10 nitrogen and oxygen atoms in total. The van der Waals surface area contributed by atoms with Crippen LogP contribution in [0, 0.1) is 17.8 Å². The molecule has 1 heterocycles. The van der Waals surface area contributed by atoms with E-state index in [1.165, 1.54) is 12.2 Å². The van der Waals surface area contributed by atoms with Crippen LogP contribution in [0.15, 0.2) is 82.5 Å². The zero-order chi connectivity index (χ0) is 41.2. The summed E-state index contributed by atoms with van der Waals surface area (Å²) in [6.45, 7) is 18.5. The second kappa shape index (κ2) is 24.4. The first-order valence-corrected chi connectivity index (χ1v) is 19.4. The molecule has 0 unspecified atom stereocenters. The summed E-state index contributed by atoms with van der Waals surface area (Å²) in [6.07, 6.45) is 13.8. The van der Waals surface area contributed by atoms with E-state index >= 15 is 0 Å². The molecule has 0 saturated carbocycles. The third kappa shape index (κ3) is 20.0. The number of esters is 2. The minimum atomic E-state index is -1.79. The lowest BCUT2D eigenvalue weighted by atomic mass is 9.87. The minimum Gasteiger partial charge on any atom is -0.462 e. The van der Waals surface area contributed by atoms with Gasteiger partial charge in [0.15, 0.2) is 0 Å². The van der Waals surface area contributed by atoms with Crippen molar-refractivity contribution in [1.82, 2.24) is 0 Å². The van der Waals surface area contributed by atoms with Crippen LogP contribution in [0.4, 0.5) is 0 Å². The molecule has 6 N–H and O–H groups in total. The summed E-state index contributed by atoms with van der Waals surface area (Å²) in [4.78, 5) is 25.9. The lowest BCUT2D eigenvalue weighted by Crippen LogP contribution is -2.41. The highest BCUT2D eigenvalue weighted by atomic mass is 16.7. The monoisotopic (exact) mass is 758 g/mol. The van der Waals surface area contributed by atoms with E-state index in [0.717, 1.165) is 27.9 Å². The lowest BCUT2D eigenvalue weighted by Gasteiger charge is -2.34. The van der Waals surface area contributed by atoms with Gasteiger partial charge in [0, 0.05) is 43.6 Å². The van der Waals surface area contributed by atoms with Crippen LogP contribution in [0.2, 0.25) is 0 Å². The molecule has 306 valence electrons. The highest BCUT2D eigenvalue weighted by Crippen LogP contribution is 2.32. The SMILES string of the molecule is C/C1=C/C[C@H]([C@@H](C)C/C(C)=C/[C@@H](C)[C@H](O)C[C@@H](C)O)OC(=O)CCC[C@](O)(OC(=O)/C=C/C(C)=C/C(C)=C/C=C/C(C)=C/[C@H](O)[C@@H](O)C[C@H](C)O)[C@H](C)C1. The second-order valence-corrected chi connectivity index (χ2v) is 15.8. The molecule has 0 aromatic heterocycles. The highest BCUT2D eigenvalue weighted by molar-refractivity contribution is 5.82. The highest BCUT2D eigenvalue weighted by Gasteiger charge is 2.38. The molecule has 0 saturated heterocycles. The molecule has 0 aliphatic carbocycles. The van der Waals surface area contributed by atoms with Gasteiger partial charge in [0.05, 0.1) is 30.5 Å². The van der Waals surface area contributed by atoms with Crippen LogP contribution in [0.25, 0.3) is 0 Å². The van der Waals surface area contributed by atoms with Crippen molar-refractivity contribution in [3.8, 4) is 0 Å². The Morgan fingerprint density at radius 2 is 1.56 bits per heavy atom. The van der Waals surface area contributed by atoms with Crippen LogP contribution in [-0.4, -0.2) is 85.0 Å². The molecule has 0 amide bonds. The van der Waals surface area contributed by atoms with Gasteiger partial charge >= 0.3 is 11.9 Å². The number of aliphatic hydroxyl groups excluding tert-OH is 5. The third-order valence-electron chi connectivity index (χ3n) is 9.65. The molecule has 1 rings (SSSR count). The van der Waals surface area contributed by atoms with E-state index in [-0.39, 0.29) is 49.6 Å². The van der Waals surface area contributed by atoms with Crippen LogP contribution in [0.3, 0.4) is 0 Å². The van der Waals surface area contributed by atoms with Crippen LogP contribution in [0.1, 0.15) is 121 Å². The Bertz CT molecular complexity index is 1400.